The molecular weight excluding hydrogens is 329 g/mol. The number of nitrogens with zero attached hydrogens (tertiary/aromatic N) is 2. The smallest absolute Gasteiger partial charge is 0.420 e. The van der Waals surface area contributed by atoms with Crippen molar-refractivity contribution in [3.05, 3.63) is 27.7 Å². The Morgan fingerprint density at radius 1 is 1.37 bits per heavy atom. The van der Waals surface area contributed by atoms with Crippen molar-refractivity contribution in [1.82, 2.24) is 0 Å². The van der Waals surface area contributed by atoms with Gasteiger partial charge in [0.05, 0.1) is 23.4 Å². The summed E-state index contributed by atoms with van der Waals surface area (Å²) < 4.78 is 43.4. The average molecular weight is 339 g/mol. The van der Waals surface area contributed by atoms with Crippen LogP contribution in [0.15, 0.2) is 26.8 Å². The zero-order chi connectivity index (χ0) is 14.6. The average Bonchev–Trinajstić information content (AvgIpc) is 2.26. The first-order valence-corrected chi connectivity index (χ1v) is 5.61. The van der Waals surface area contributed by atoms with Crippen LogP contribution in [0.2, 0.25) is 0 Å². The molecule has 0 aliphatic rings. The lowest BCUT2D eigenvalue weighted by molar-refractivity contribution is -0.138. The fraction of sp³-hybridized carbons (Fsp3) is 0.200. The van der Waals surface area contributed by atoms with Gasteiger partial charge in [0.1, 0.15) is 5.75 Å². The molecule has 1 aromatic carbocycles. The Morgan fingerprint density at radius 3 is 2.47 bits per heavy atom. The van der Waals surface area contributed by atoms with E-state index >= 15 is 0 Å². The van der Waals surface area contributed by atoms with Crippen LogP contribution in [-0.2, 0) is 6.18 Å². The fourth-order valence-electron chi connectivity index (χ4n) is 1.27. The van der Waals surface area contributed by atoms with Gasteiger partial charge in [0.25, 0.3) is 0 Å². The van der Waals surface area contributed by atoms with Crippen LogP contribution in [0.3, 0.4) is 0 Å². The van der Waals surface area contributed by atoms with Gasteiger partial charge in [-0.1, -0.05) is 0 Å². The summed E-state index contributed by atoms with van der Waals surface area (Å²) in [5.41, 5.74) is 9.32. The van der Waals surface area contributed by atoms with Gasteiger partial charge in [-0.25, -0.2) is 0 Å². The first-order valence-electron chi connectivity index (χ1n) is 4.82. The van der Waals surface area contributed by atoms with Gasteiger partial charge in [-0.2, -0.15) is 18.3 Å². The predicted octanol–water partition coefficient (Wildman–Crippen LogP) is 2.08. The SMILES string of the molecule is COc1c(Br)cc(C=NN=C(N)N)cc1C(F)(F)F. The molecule has 0 bridgehead atoms. The van der Waals surface area contributed by atoms with Crippen LogP contribution in [0, 0.1) is 0 Å². The molecule has 19 heavy (non-hydrogen) atoms. The molecule has 0 saturated heterocycles. The topological polar surface area (TPSA) is 86.0 Å². The molecule has 0 heterocycles. The van der Waals surface area contributed by atoms with Gasteiger partial charge in [-0.05, 0) is 33.6 Å². The van der Waals surface area contributed by atoms with Crippen molar-refractivity contribution in [3.8, 4) is 5.75 Å². The molecule has 0 aliphatic heterocycles. The van der Waals surface area contributed by atoms with Gasteiger partial charge in [0.15, 0.2) is 0 Å². The van der Waals surface area contributed by atoms with Crippen LogP contribution in [0.25, 0.3) is 0 Å². The molecule has 1 rings (SSSR count). The summed E-state index contributed by atoms with van der Waals surface area (Å²) in [6, 6.07) is 2.29. The van der Waals surface area contributed by atoms with Gasteiger partial charge in [0.2, 0.25) is 5.96 Å². The van der Waals surface area contributed by atoms with Crippen molar-refractivity contribution < 1.29 is 17.9 Å². The van der Waals surface area contributed by atoms with E-state index in [4.69, 9.17) is 16.2 Å². The van der Waals surface area contributed by atoms with E-state index in [1.54, 1.807) is 0 Å². The summed E-state index contributed by atoms with van der Waals surface area (Å²) >= 11 is 3.00. The quantitative estimate of drug-likeness (QED) is 0.502. The van der Waals surface area contributed by atoms with Gasteiger partial charge >= 0.3 is 6.18 Å². The van der Waals surface area contributed by atoms with E-state index < -0.39 is 11.7 Å². The van der Waals surface area contributed by atoms with E-state index in [1.165, 1.54) is 6.07 Å². The number of nitrogens with two attached hydrogens (primary N) is 2. The minimum atomic E-state index is -4.55. The Morgan fingerprint density at radius 2 is 2.00 bits per heavy atom. The highest BCUT2D eigenvalue weighted by molar-refractivity contribution is 9.10. The first kappa shape index (κ1) is 15.3. The zero-order valence-electron chi connectivity index (χ0n) is 9.70. The van der Waals surface area contributed by atoms with E-state index in [2.05, 4.69) is 26.1 Å². The molecule has 0 atom stereocenters. The molecule has 0 aliphatic carbocycles. The van der Waals surface area contributed by atoms with Crippen LogP contribution < -0.4 is 16.2 Å². The Hall–Kier alpha value is -1.77. The highest BCUT2D eigenvalue weighted by Gasteiger charge is 2.35. The summed E-state index contributed by atoms with van der Waals surface area (Å²) in [5, 5.41) is 6.74. The van der Waals surface area contributed by atoms with Crippen molar-refractivity contribution in [3.63, 3.8) is 0 Å². The third kappa shape index (κ3) is 4.12. The highest BCUT2D eigenvalue weighted by atomic mass is 79.9. The lowest BCUT2D eigenvalue weighted by atomic mass is 10.1. The molecule has 0 fully saturated rings. The molecule has 0 spiro atoms. The van der Waals surface area contributed by atoms with Crippen LogP contribution in [0.5, 0.6) is 5.75 Å². The minimum absolute atomic E-state index is 0.149. The molecule has 0 radical (unpaired) electrons. The molecule has 0 amide bonds. The third-order valence-electron chi connectivity index (χ3n) is 1.96. The minimum Gasteiger partial charge on any atom is -0.495 e. The van der Waals surface area contributed by atoms with E-state index in [0.29, 0.717) is 0 Å². The van der Waals surface area contributed by atoms with E-state index in [9.17, 15) is 13.2 Å². The predicted molar refractivity (Wildman–Crippen MR) is 69.1 cm³/mol. The largest absolute Gasteiger partial charge is 0.495 e. The molecule has 0 saturated carbocycles. The van der Waals surface area contributed by atoms with Crippen molar-refractivity contribution in [1.29, 1.82) is 0 Å². The molecule has 9 heteroatoms. The second-order valence-electron chi connectivity index (χ2n) is 3.35. The summed E-state index contributed by atoms with van der Waals surface area (Å²) in [4.78, 5) is 0. The van der Waals surface area contributed by atoms with Crippen molar-refractivity contribution in [2.75, 3.05) is 7.11 Å². The summed E-state index contributed by atoms with van der Waals surface area (Å²) in [6.07, 6.45) is -3.45. The molecule has 0 unspecified atom stereocenters. The van der Waals surface area contributed by atoms with E-state index in [1.807, 2.05) is 0 Å². The van der Waals surface area contributed by atoms with Crippen molar-refractivity contribution in [2.24, 2.45) is 21.7 Å². The Bertz CT molecular complexity index is 524. The molecule has 4 N–H and O–H groups in total. The Labute approximate surface area is 115 Å². The van der Waals surface area contributed by atoms with Crippen molar-refractivity contribution in [2.45, 2.75) is 6.18 Å². The lowest BCUT2D eigenvalue weighted by Gasteiger charge is -2.14. The number of halogens is 4. The lowest BCUT2D eigenvalue weighted by Crippen LogP contribution is -2.21. The van der Waals surface area contributed by atoms with E-state index in [0.717, 1.165) is 19.4 Å². The van der Waals surface area contributed by atoms with Crippen LogP contribution in [0.1, 0.15) is 11.1 Å². The molecule has 5 nitrogen and oxygen atoms in total. The fourth-order valence-corrected chi connectivity index (χ4v) is 1.91. The maximum Gasteiger partial charge on any atom is 0.420 e. The van der Waals surface area contributed by atoms with Gasteiger partial charge < -0.3 is 16.2 Å². The number of alkyl halides is 3. The summed E-state index contributed by atoms with van der Waals surface area (Å²) in [5.74, 6) is -0.591. The maximum absolute atomic E-state index is 12.8. The Balaban J connectivity index is 3.28. The second-order valence-corrected chi connectivity index (χ2v) is 4.21. The number of ether oxygens (including phenoxy) is 1. The highest BCUT2D eigenvalue weighted by Crippen LogP contribution is 2.40. The zero-order valence-corrected chi connectivity index (χ0v) is 11.3. The van der Waals surface area contributed by atoms with Crippen LogP contribution in [-0.4, -0.2) is 19.3 Å². The molecule has 1 aromatic rings. The number of benzene rings is 1. The number of methoxy groups -OCH3 is 1. The monoisotopic (exact) mass is 338 g/mol. The molecular formula is C10H10BrF3N4O. The molecule has 0 aromatic heterocycles. The number of hydrogen-bond donors (Lipinski definition) is 2. The number of guanidine groups is 1. The standard InChI is InChI=1S/C10H10BrF3N4O/c1-19-8-6(10(12,13)14)2-5(3-7(8)11)4-17-18-9(15)16/h2-4H,1H3,(H4,15,16,18). The van der Waals surface area contributed by atoms with Crippen molar-refractivity contribution >= 4 is 28.1 Å². The molecule has 104 valence electrons. The first-order chi connectivity index (χ1) is 8.75. The summed E-state index contributed by atoms with van der Waals surface area (Å²) in [7, 11) is 1.16. The van der Waals surface area contributed by atoms with Crippen LogP contribution >= 0.6 is 15.9 Å². The second kappa shape index (κ2) is 5.91. The van der Waals surface area contributed by atoms with E-state index in [-0.39, 0.29) is 21.7 Å². The van der Waals surface area contributed by atoms with Crippen LogP contribution in [0.4, 0.5) is 13.2 Å². The van der Waals surface area contributed by atoms with Gasteiger partial charge in [-0.3, -0.25) is 0 Å². The summed E-state index contributed by atoms with van der Waals surface area (Å²) in [6.45, 7) is 0. The number of rotatable bonds is 3. The van der Waals surface area contributed by atoms with Gasteiger partial charge in [0, 0.05) is 0 Å². The number of hydrogen-bond acceptors (Lipinski definition) is 3. The normalized spacial score (nSPS) is 11.6. The maximum atomic E-state index is 12.8. The Kier molecular flexibility index (Phi) is 4.76. The van der Waals surface area contributed by atoms with Gasteiger partial charge in [-0.15, -0.1) is 5.10 Å². The third-order valence-corrected chi connectivity index (χ3v) is 2.54.